The number of anilines is 1. The van der Waals surface area contributed by atoms with Gasteiger partial charge < -0.3 is 28.7 Å². The van der Waals surface area contributed by atoms with Crippen LogP contribution in [0.25, 0.3) is 0 Å². The fourth-order valence-corrected chi connectivity index (χ4v) is 10.8. The number of methoxy groups -OCH3 is 2. The molecule has 7 rings (SSSR count). The fourth-order valence-electron chi connectivity index (χ4n) is 8.76. The molecule has 3 aliphatic heterocycles. The Hall–Kier alpha value is -3.16. The van der Waals surface area contributed by atoms with Gasteiger partial charge in [-0.3, -0.25) is 9.52 Å². The minimum atomic E-state index is -3.53. The molecule has 1 saturated heterocycles. The molecule has 1 spiro atoms. The zero-order valence-corrected chi connectivity index (χ0v) is 32.0. The van der Waals surface area contributed by atoms with Crippen LogP contribution in [-0.4, -0.2) is 99.2 Å². The van der Waals surface area contributed by atoms with E-state index in [1.807, 2.05) is 25.1 Å². The van der Waals surface area contributed by atoms with Crippen molar-refractivity contribution in [3.05, 3.63) is 70.3 Å². The summed E-state index contributed by atoms with van der Waals surface area (Å²) < 4.78 is 45.3. The maximum Gasteiger partial charge on any atom is 0.330 e. The van der Waals surface area contributed by atoms with Crippen molar-refractivity contribution >= 4 is 39.1 Å². The SMILES string of the molecule is COC[C@@H]1CN(C(=O)N[S@@]2(=O)=NC(=O)c3ccc4c(c3)N(C[C@@H]3CC[C@H]3[C@@H](OC)/C=C/C[C@H](C)C2)C[C@@]2(CCCc3cc(Cl)ccc32)CO4)CCO1. The highest BCUT2D eigenvalue weighted by Gasteiger charge is 2.44. The Labute approximate surface area is 312 Å². The molecule has 5 aliphatic rings. The second kappa shape index (κ2) is 15.7. The van der Waals surface area contributed by atoms with Gasteiger partial charge in [-0.25, -0.2) is 9.00 Å². The predicted octanol–water partition coefficient (Wildman–Crippen LogP) is 6.03. The first-order chi connectivity index (χ1) is 25.1. The first kappa shape index (κ1) is 37.2. The first-order valence-electron chi connectivity index (χ1n) is 18.6. The van der Waals surface area contributed by atoms with Gasteiger partial charge in [-0.15, -0.1) is 4.36 Å². The lowest BCUT2D eigenvalue weighted by Crippen LogP contribution is -2.52. The number of carbonyl (C=O) groups is 2. The topological polar surface area (TPSA) is 119 Å². The Kier molecular flexibility index (Phi) is 11.2. The van der Waals surface area contributed by atoms with Gasteiger partial charge in [-0.05, 0) is 97.7 Å². The summed E-state index contributed by atoms with van der Waals surface area (Å²) in [5, 5.41) is 0.740. The normalized spacial score (nSPS) is 32.7. The van der Waals surface area contributed by atoms with E-state index in [4.69, 9.17) is 30.5 Å². The largest absolute Gasteiger partial charge is 0.490 e. The van der Waals surface area contributed by atoms with Crippen LogP contribution >= 0.6 is 11.6 Å². The molecule has 1 saturated carbocycles. The van der Waals surface area contributed by atoms with E-state index in [1.165, 1.54) is 11.1 Å². The van der Waals surface area contributed by atoms with Crippen LogP contribution in [0.1, 0.15) is 60.5 Å². The summed E-state index contributed by atoms with van der Waals surface area (Å²) in [6, 6.07) is 11.1. The van der Waals surface area contributed by atoms with Crippen molar-refractivity contribution in [1.82, 2.24) is 9.62 Å². The molecule has 11 nitrogen and oxygen atoms in total. The molecule has 2 fully saturated rings. The van der Waals surface area contributed by atoms with Gasteiger partial charge in [0.05, 0.1) is 50.0 Å². The number of benzene rings is 2. The monoisotopic (exact) mass is 754 g/mol. The molecule has 3 amide bonds. The lowest BCUT2D eigenvalue weighted by atomic mass is 9.68. The molecule has 0 aromatic heterocycles. The van der Waals surface area contributed by atoms with E-state index < -0.39 is 21.9 Å². The molecule has 2 bridgehead atoms. The molecule has 0 unspecified atom stereocenters. The number of hydrogen-bond acceptors (Lipinski definition) is 8. The van der Waals surface area contributed by atoms with Crippen molar-refractivity contribution in [1.29, 1.82) is 0 Å². The number of nitrogens with zero attached hydrogens (tertiary/aromatic N) is 3. The van der Waals surface area contributed by atoms with E-state index in [9.17, 15) is 13.8 Å². The van der Waals surface area contributed by atoms with Gasteiger partial charge in [-0.1, -0.05) is 36.7 Å². The van der Waals surface area contributed by atoms with E-state index >= 15 is 0 Å². The van der Waals surface area contributed by atoms with Crippen LogP contribution in [0, 0.1) is 17.8 Å². The molecule has 282 valence electrons. The Morgan fingerprint density at radius 1 is 1.17 bits per heavy atom. The number of carbonyl (C=O) groups excluding carboxylic acids is 2. The van der Waals surface area contributed by atoms with E-state index in [0.29, 0.717) is 62.5 Å². The smallest absolute Gasteiger partial charge is 0.330 e. The first-order valence-corrected chi connectivity index (χ1v) is 20.6. The molecular weight excluding hydrogens is 704 g/mol. The third-order valence-corrected chi connectivity index (χ3v) is 13.8. The maximum atomic E-state index is 14.6. The number of nitrogens with one attached hydrogen (secondary N) is 1. The van der Waals surface area contributed by atoms with Gasteiger partial charge in [0.2, 0.25) is 0 Å². The van der Waals surface area contributed by atoms with Crippen molar-refractivity contribution in [3.63, 3.8) is 0 Å². The average Bonchev–Trinajstić information content (AvgIpc) is 3.25. The number of fused-ring (bicyclic) bond motifs is 4. The standard InChI is InChI=1S/C39H51ClN4O7S/c1-26-6-4-8-35(49-3)32-12-9-29(32)20-44-24-39(15-5-7-27-18-30(40)11-13-33(27)39)25-51-36-14-10-28(19-34(36)44)37(45)41-52(47,23-26)42-38(46)43-16-17-50-31(21-43)22-48-2/h4,8,10-11,13-14,18-19,26,29,31-32,35H,5-7,9,12,15-17,20-25H2,1-3H3,(H,41,42,45,46,47)/b8-4+/t26-,29-,31-,32+,35-,39-,52-/m0/s1. The number of amides is 3. The van der Waals surface area contributed by atoms with Crippen LogP contribution < -0.4 is 14.4 Å². The number of rotatable bonds is 4. The molecule has 52 heavy (non-hydrogen) atoms. The van der Waals surface area contributed by atoms with Crippen LogP contribution in [0.2, 0.25) is 5.02 Å². The number of hydrogen-bond donors (Lipinski definition) is 1. The average molecular weight is 755 g/mol. The molecule has 1 N–H and O–H groups in total. The van der Waals surface area contributed by atoms with Gasteiger partial charge in [0.1, 0.15) is 15.7 Å². The maximum absolute atomic E-state index is 14.6. The van der Waals surface area contributed by atoms with Crippen LogP contribution in [0.4, 0.5) is 10.5 Å². The van der Waals surface area contributed by atoms with E-state index in [2.05, 4.69) is 38.3 Å². The van der Waals surface area contributed by atoms with Gasteiger partial charge >= 0.3 is 6.03 Å². The highest BCUT2D eigenvalue weighted by atomic mass is 35.5. The molecular formula is C39H51ClN4O7S. The summed E-state index contributed by atoms with van der Waals surface area (Å²) in [5.41, 5.74) is 3.40. The Balaban J connectivity index is 1.26. The van der Waals surface area contributed by atoms with Crippen molar-refractivity contribution in [2.45, 2.75) is 63.1 Å². The third kappa shape index (κ3) is 7.87. The Morgan fingerprint density at radius 2 is 2.04 bits per heavy atom. The van der Waals surface area contributed by atoms with Crippen LogP contribution in [-0.2, 0) is 36.0 Å². The summed E-state index contributed by atoms with van der Waals surface area (Å²) in [7, 11) is -0.186. The van der Waals surface area contributed by atoms with Gasteiger partial charge in [0.25, 0.3) is 5.91 Å². The summed E-state index contributed by atoms with van der Waals surface area (Å²) in [6.45, 7) is 5.23. The van der Waals surface area contributed by atoms with E-state index in [1.54, 1.807) is 25.2 Å². The highest BCUT2D eigenvalue weighted by molar-refractivity contribution is 7.92. The zero-order valence-electron chi connectivity index (χ0n) is 30.4. The second-order valence-corrected chi connectivity index (χ2v) is 17.7. The molecule has 2 aliphatic carbocycles. The number of allylic oxidation sites excluding steroid dienone is 1. The van der Waals surface area contributed by atoms with Crippen LogP contribution in [0.5, 0.6) is 5.75 Å². The van der Waals surface area contributed by atoms with Gasteiger partial charge in [-0.2, -0.15) is 0 Å². The summed E-state index contributed by atoms with van der Waals surface area (Å²) >= 11 is 6.46. The van der Waals surface area contributed by atoms with Gasteiger partial charge in [0, 0.05) is 49.9 Å². The highest BCUT2D eigenvalue weighted by Crippen LogP contribution is 2.47. The molecule has 2 aromatic rings. The summed E-state index contributed by atoms with van der Waals surface area (Å²) in [5.74, 6) is 0.655. The minimum Gasteiger partial charge on any atom is -0.490 e. The number of halogens is 1. The molecule has 7 atom stereocenters. The van der Waals surface area contributed by atoms with Crippen LogP contribution in [0.15, 0.2) is 52.9 Å². The summed E-state index contributed by atoms with van der Waals surface area (Å²) in [6.07, 6.45) is 9.59. The zero-order chi connectivity index (χ0) is 36.5. The fraction of sp³-hybridized carbons (Fsp3) is 0.590. The summed E-state index contributed by atoms with van der Waals surface area (Å²) in [4.78, 5) is 31.6. The Morgan fingerprint density at radius 3 is 2.83 bits per heavy atom. The van der Waals surface area contributed by atoms with E-state index in [0.717, 1.165) is 49.4 Å². The molecule has 0 radical (unpaired) electrons. The molecule has 2 aromatic carbocycles. The van der Waals surface area contributed by atoms with Crippen LogP contribution in [0.3, 0.4) is 0 Å². The molecule has 13 heteroatoms. The predicted molar refractivity (Wildman–Crippen MR) is 202 cm³/mol. The minimum absolute atomic E-state index is 0.0104. The number of morpholine rings is 1. The number of ether oxygens (including phenoxy) is 4. The van der Waals surface area contributed by atoms with Crippen molar-refractivity contribution in [2.75, 3.05) is 70.9 Å². The van der Waals surface area contributed by atoms with Crippen molar-refractivity contribution in [3.8, 4) is 5.75 Å². The van der Waals surface area contributed by atoms with Crippen molar-refractivity contribution in [2.24, 2.45) is 22.1 Å². The quantitative estimate of drug-likeness (QED) is 0.376. The number of urea groups is 1. The van der Waals surface area contributed by atoms with E-state index in [-0.39, 0.29) is 35.8 Å². The third-order valence-electron chi connectivity index (χ3n) is 11.5. The Bertz CT molecular complexity index is 1810. The van der Waals surface area contributed by atoms with Crippen molar-refractivity contribution < 1.29 is 32.7 Å². The lowest BCUT2D eigenvalue weighted by Gasteiger charge is -2.46. The second-order valence-electron chi connectivity index (χ2n) is 15.3. The molecule has 3 heterocycles. The van der Waals surface area contributed by atoms with Gasteiger partial charge in [0.15, 0.2) is 0 Å². The number of aryl methyl sites for hydroxylation is 1. The lowest BCUT2D eigenvalue weighted by molar-refractivity contribution is -0.0489.